The molecule has 2 aromatic rings. The minimum Gasteiger partial charge on any atom is -0.383 e. The molecule has 7 heteroatoms. The predicted octanol–water partition coefficient (Wildman–Crippen LogP) is 1.13. The molecule has 1 aromatic heterocycles. The highest BCUT2D eigenvalue weighted by atomic mass is 32.2. The Morgan fingerprint density at radius 1 is 1.23 bits per heavy atom. The van der Waals surface area contributed by atoms with Crippen LogP contribution in [0.1, 0.15) is 18.1 Å². The van der Waals surface area contributed by atoms with Crippen molar-refractivity contribution in [2.24, 2.45) is 0 Å². The fourth-order valence-corrected chi connectivity index (χ4v) is 2.82. The summed E-state index contributed by atoms with van der Waals surface area (Å²) in [7, 11) is -3.96. The topological polar surface area (TPSA) is 87.7 Å². The van der Waals surface area contributed by atoms with E-state index in [-0.39, 0.29) is 4.90 Å². The van der Waals surface area contributed by atoms with Crippen LogP contribution in [-0.4, -0.2) is 25.3 Å². The van der Waals surface area contributed by atoms with Crippen molar-refractivity contribution in [1.82, 2.24) is 0 Å². The van der Waals surface area contributed by atoms with Crippen LogP contribution in [0.3, 0.4) is 0 Å². The lowest BCUT2D eigenvalue weighted by atomic mass is 9.99. The number of aromatic nitrogens is 1. The third-order valence-corrected chi connectivity index (χ3v) is 4.49. The lowest BCUT2D eigenvalue weighted by Gasteiger charge is -2.21. The Morgan fingerprint density at radius 2 is 1.86 bits per heavy atom. The summed E-state index contributed by atoms with van der Waals surface area (Å²) in [4.78, 5) is 0.0270. The number of aryl methyl sites for hydroxylation is 1. The first-order valence-electron chi connectivity index (χ1n) is 6.60. The summed E-state index contributed by atoms with van der Waals surface area (Å²) in [5, 5.41) is 19.7. The van der Waals surface area contributed by atoms with Gasteiger partial charge in [0.05, 0.1) is 17.1 Å². The van der Waals surface area contributed by atoms with Gasteiger partial charge in [0.25, 0.3) is 10.1 Å². The van der Waals surface area contributed by atoms with E-state index in [0.29, 0.717) is 5.56 Å². The molecule has 0 bridgehead atoms. The van der Waals surface area contributed by atoms with Crippen LogP contribution in [0.4, 0.5) is 0 Å². The van der Waals surface area contributed by atoms with Crippen molar-refractivity contribution in [2.75, 3.05) is 6.61 Å². The molecule has 1 heterocycles. The first-order chi connectivity index (χ1) is 10.2. The van der Waals surface area contributed by atoms with Crippen LogP contribution in [0.15, 0.2) is 53.7 Å². The second kappa shape index (κ2) is 6.04. The number of hydrogen-bond acceptors (Lipinski definition) is 5. The van der Waals surface area contributed by atoms with Crippen LogP contribution in [0.2, 0.25) is 0 Å². The summed E-state index contributed by atoms with van der Waals surface area (Å²) < 4.78 is 29.9. The van der Waals surface area contributed by atoms with Crippen molar-refractivity contribution in [3.05, 3.63) is 59.9 Å². The lowest BCUT2D eigenvalue weighted by molar-refractivity contribution is -0.905. The van der Waals surface area contributed by atoms with Crippen molar-refractivity contribution in [2.45, 2.75) is 24.3 Å². The van der Waals surface area contributed by atoms with E-state index in [0.717, 1.165) is 10.3 Å². The number of benzene rings is 1. The second-order valence-corrected chi connectivity index (χ2v) is 6.89. The van der Waals surface area contributed by atoms with Gasteiger partial charge in [0.2, 0.25) is 12.4 Å². The molecule has 2 N–H and O–H groups in total. The summed E-state index contributed by atoms with van der Waals surface area (Å²) in [6.07, 6.45) is 2.66. The highest BCUT2D eigenvalue weighted by Crippen LogP contribution is 2.22. The maximum atomic E-state index is 12.1. The SMILES string of the molecule is Cc1ccc(S(=O)(=O)OC[C@@](C)(O)c2ccc[n+](O)c2)cc1. The number of hydrogen-bond donors (Lipinski definition) is 2. The molecule has 0 fully saturated rings. The van der Waals surface area contributed by atoms with Gasteiger partial charge in [-0.1, -0.05) is 17.7 Å². The third kappa shape index (κ3) is 3.82. The Bertz CT molecular complexity index is 754. The molecule has 0 spiro atoms. The summed E-state index contributed by atoms with van der Waals surface area (Å²) >= 11 is 0. The van der Waals surface area contributed by atoms with Crippen LogP contribution < -0.4 is 4.73 Å². The Labute approximate surface area is 129 Å². The molecule has 2 rings (SSSR count). The zero-order chi connectivity index (χ0) is 16.4. The molecule has 0 unspecified atom stereocenters. The summed E-state index contributed by atoms with van der Waals surface area (Å²) in [5.74, 6) is 0. The van der Waals surface area contributed by atoms with Crippen LogP contribution >= 0.6 is 0 Å². The Kier molecular flexibility index (Phi) is 4.50. The number of aliphatic hydroxyl groups is 1. The van der Waals surface area contributed by atoms with Gasteiger partial charge in [-0.15, -0.1) is 0 Å². The van der Waals surface area contributed by atoms with Gasteiger partial charge in [-0.3, -0.25) is 9.39 Å². The molecule has 0 saturated carbocycles. The van der Waals surface area contributed by atoms with E-state index in [9.17, 15) is 18.7 Å². The maximum absolute atomic E-state index is 12.1. The van der Waals surface area contributed by atoms with Crippen molar-refractivity contribution < 1.29 is 27.6 Å². The van der Waals surface area contributed by atoms with Gasteiger partial charge < -0.3 is 5.11 Å². The summed E-state index contributed by atoms with van der Waals surface area (Å²) in [5.41, 5.74) is -0.303. The van der Waals surface area contributed by atoms with Gasteiger partial charge in [-0.2, -0.15) is 8.42 Å². The van der Waals surface area contributed by atoms with Crippen molar-refractivity contribution in [3.63, 3.8) is 0 Å². The standard InChI is InChI=1S/C15H18NO5S/c1-12-5-7-14(8-6-12)22(19,20)21-11-15(2,17)13-4-3-9-16(18)10-13/h3-10,17-18H,11H2,1-2H3/q+1/t15-/m1/s1. The second-order valence-electron chi connectivity index (χ2n) is 5.28. The molecule has 0 radical (unpaired) electrons. The van der Waals surface area contributed by atoms with E-state index in [4.69, 9.17) is 4.18 Å². The average Bonchev–Trinajstić information content (AvgIpc) is 2.46. The predicted molar refractivity (Wildman–Crippen MR) is 77.7 cm³/mol. The number of nitrogens with zero attached hydrogens (tertiary/aromatic N) is 1. The highest BCUT2D eigenvalue weighted by Gasteiger charge is 2.29. The third-order valence-electron chi connectivity index (χ3n) is 3.21. The minimum absolute atomic E-state index is 0.0270. The largest absolute Gasteiger partial charge is 0.383 e. The van der Waals surface area contributed by atoms with Gasteiger partial charge in [-0.25, -0.2) is 0 Å². The average molecular weight is 324 g/mol. The van der Waals surface area contributed by atoms with Gasteiger partial charge in [-0.05, 0) is 32.0 Å². The van der Waals surface area contributed by atoms with E-state index >= 15 is 0 Å². The molecular weight excluding hydrogens is 306 g/mol. The smallest absolute Gasteiger partial charge is 0.297 e. The zero-order valence-electron chi connectivity index (χ0n) is 12.3. The van der Waals surface area contributed by atoms with E-state index in [1.807, 2.05) is 6.92 Å². The molecule has 0 amide bonds. The van der Waals surface area contributed by atoms with E-state index in [1.165, 1.54) is 37.5 Å². The lowest BCUT2D eigenvalue weighted by Crippen LogP contribution is -2.35. The molecule has 0 aliphatic rings. The summed E-state index contributed by atoms with van der Waals surface area (Å²) in [6, 6.07) is 9.32. The maximum Gasteiger partial charge on any atom is 0.297 e. The van der Waals surface area contributed by atoms with Gasteiger partial charge in [0.15, 0.2) is 0 Å². The highest BCUT2D eigenvalue weighted by molar-refractivity contribution is 7.86. The van der Waals surface area contributed by atoms with Crippen LogP contribution in [0.25, 0.3) is 0 Å². The number of rotatable bonds is 5. The molecule has 1 aromatic carbocycles. The van der Waals surface area contributed by atoms with E-state index in [2.05, 4.69) is 0 Å². The van der Waals surface area contributed by atoms with Crippen molar-refractivity contribution >= 4 is 10.1 Å². The van der Waals surface area contributed by atoms with Crippen LogP contribution in [0.5, 0.6) is 0 Å². The Morgan fingerprint density at radius 3 is 2.45 bits per heavy atom. The van der Waals surface area contributed by atoms with Crippen molar-refractivity contribution in [3.8, 4) is 0 Å². The van der Waals surface area contributed by atoms with E-state index < -0.39 is 22.3 Å². The molecule has 0 aliphatic heterocycles. The Hall–Kier alpha value is -1.96. The van der Waals surface area contributed by atoms with Gasteiger partial charge in [0.1, 0.15) is 5.60 Å². The first-order valence-corrected chi connectivity index (χ1v) is 8.01. The van der Waals surface area contributed by atoms with Gasteiger partial charge >= 0.3 is 0 Å². The quantitative estimate of drug-likeness (QED) is 0.489. The van der Waals surface area contributed by atoms with Crippen LogP contribution in [-0.2, 0) is 19.9 Å². The monoisotopic (exact) mass is 324 g/mol. The molecule has 0 aliphatic carbocycles. The molecule has 22 heavy (non-hydrogen) atoms. The number of pyridine rings is 1. The van der Waals surface area contributed by atoms with E-state index in [1.54, 1.807) is 18.2 Å². The fourth-order valence-electron chi connectivity index (χ4n) is 1.83. The fraction of sp³-hybridized carbons (Fsp3) is 0.267. The summed E-state index contributed by atoms with van der Waals surface area (Å²) in [6.45, 7) is 2.79. The minimum atomic E-state index is -3.96. The molecule has 0 saturated heterocycles. The molecule has 6 nitrogen and oxygen atoms in total. The molecular formula is C15H18NO5S+. The zero-order valence-corrected chi connectivity index (χ0v) is 13.1. The molecule has 1 atom stereocenters. The molecule has 118 valence electrons. The van der Waals surface area contributed by atoms with Crippen molar-refractivity contribution in [1.29, 1.82) is 0 Å². The Balaban J connectivity index is 2.15. The normalized spacial score (nSPS) is 14.5. The van der Waals surface area contributed by atoms with Crippen LogP contribution in [0, 0.1) is 6.92 Å². The first kappa shape index (κ1) is 16.4. The van der Waals surface area contributed by atoms with Gasteiger partial charge in [0, 0.05) is 10.8 Å².